The van der Waals surface area contributed by atoms with Crippen molar-refractivity contribution in [1.82, 2.24) is 0 Å². The summed E-state index contributed by atoms with van der Waals surface area (Å²) in [7, 11) is 5.89. The molecule has 0 aliphatic heterocycles. The lowest BCUT2D eigenvalue weighted by atomic mass is 10.1. The second kappa shape index (κ2) is 41.5. The Labute approximate surface area is 360 Å². The van der Waals surface area contributed by atoms with Crippen molar-refractivity contribution in [2.24, 2.45) is 0 Å². The first-order valence-electron chi connectivity index (χ1n) is 23.1. The molecule has 0 N–H and O–H groups in total. The molecule has 0 aliphatic rings. The van der Waals surface area contributed by atoms with Gasteiger partial charge in [0.25, 0.3) is 0 Å². The van der Waals surface area contributed by atoms with Crippen molar-refractivity contribution in [3.63, 3.8) is 0 Å². The quantitative estimate of drug-likeness (QED) is 0.0197. The number of quaternary nitrogens is 1. The van der Waals surface area contributed by atoms with Gasteiger partial charge in [-0.15, -0.1) is 0 Å². The molecule has 0 spiro atoms. The molecule has 0 heterocycles. The van der Waals surface area contributed by atoms with Gasteiger partial charge in [-0.05, 0) is 83.5 Å². The van der Waals surface area contributed by atoms with Gasteiger partial charge in [-0.1, -0.05) is 145 Å². The van der Waals surface area contributed by atoms with Crippen molar-refractivity contribution in [2.75, 3.05) is 47.5 Å². The summed E-state index contributed by atoms with van der Waals surface area (Å²) in [4.78, 5) is 37.0. The van der Waals surface area contributed by atoms with Crippen LogP contribution in [-0.4, -0.2) is 82.3 Å². The minimum atomic E-state index is -1.63. The standard InChI is InChI=1S/C50H85NO8/c1-6-8-10-12-14-16-18-20-21-22-23-24-25-26-27-29-31-33-35-37-39-41-48(53)59-46(45-58-50(49(54)55)56-43-42-51(3,4)5)44-57-47(52)40-38-36-34-32-30-28-19-17-15-13-11-9-7-2/h9,11,15,17-18,20,22-23,25-26,28,30,46,50H,6-8,10,12-14,16,19,21,24,27,29,31-45H2,1-5H3/b11-9-,17-15-,20-18-,23-22-,26-25-,30-28-. The maximum absolute atomic E-state index is 12.8. The summed E-state index contributed by atoms with van der Waals surface area (Å²) >= 11 is 0. The molecule has 59 heavy (non-hydrogen) atoms. The number of hydrogen-bond donors (Lipinski definition) is 0. The molecule has 0 aliphatic carbocycles. The third-order valence-electron chi connectivity index (χ3n) is 9.44. The van der Waals surface area contributed by atoms with Crippen molar-refractivity contribution in [3.8, 4) is 0 Å². The largest absolute Gasteiger partial charge is 0.545 e. The van der Waals surface area contributed by atoms with Gasteiger partial charge in [-0.3, -0.25) is 9.59 Å². The van der Waals surface area contributed by atoms with E-state index in [-0.39, 0.29) is 32.7 Å². The van der Waals surface area contributed by atoms with Crippen molar-refractivity contribution in [1.29, 1.82) is 0 Å². The number of rotatable bonds is 41. The van der Waals surface area contributed by atoms with Gasteiger partial charge in [0.15, 0.2) is 12.4 Å². The number of esters is 2. The molecule has 0 saturated carbocycles. The van der Waals surface area contributed by atoms with Crippen LogP contribution in [0.3, 0.4) is 0 Å². The predicted octanol–water partition coefficient (Wildman–Crippen LogP) is 11.0. The highest BCUT2D eigenvalue weighted by molar-refractivity contribution is 5.70. The topological polar surface area (TPSA) is 111 Å². The second-order valence-corrected chi connectivity index (χ2v) is 16.3. The Morgan fingerprint density at radius 2 is 0.966 bits per heavy atom. The molecular weight excluding hydrogens is 743 g/mol. The first kappa shape index (κ1) is 55.7. The number of carboxylic acid groups (broad SMARTS) is 1. The minimum absolute atomic E-state index is 0.136. The van der Waals surface area contributed by atoms with Crippen molar-refractivity contribution >= 4 is 17.9 Å². The number of unbranched alkanes of at least 4 members (excludes halogenated alkanes) is 14. The van der Waals surface area contributed by atoms with E-state index in [1.165, 1.54) is 38.5 Å². The summed E-state index contributed by atoms with van der Waals surface area (Å²) in [6.45, 7) is 4.54. The summed E-state index contributed by atoms with van der Waals surface area (Å²) in [5.74, 6) is -2.35. The van der Waals surface area contributed by atoms with E-state index in [1.807, 2.05) is 21.1 Å². The van der Waals surface area contributed by atoms with E-state index in [1.54, 1.807) is 0 Å². The molecular formula is C50H85NO8. The van der Waals surface area contributed by atoms with Crippen LogP contribution in [0, 0.1) is 0 Å². The molecule has 0 aromatic carbocycles. The Morgan fingerprint density at radius 3 is 1.46 bits per heavy atom. The Morgan fingerprint density at radius 1 is 0.525 bits per heavy atom. The van der Waals surface area contributed by atoms with Crippen LogP contribution in [0.4, 0.5) is 0 Å². The summed E-state index contributed by atoms with van der Waals surface area (Å²) < 4.78 is 22.5. The lowest BCUT2D eigenvalue weighted by Crippen LogP contribution is -2.44. The molecule has 9 nitrogen and oxygen atoms in total. The molecule has 0 fully saturated rings. The number of nitrogens with zero attached hydrogens (tertiary/aromatic N) is 1. The Hall–Kier alpha value is -3.27. The summed E-state index contributed by atoms with van der Waals surface area (Å²) in [6, 6.07) is 0. The van der Waals surface area contributed by atoms with E-state index in [4.69, 9.17) is 18.9 Å². The van der Waals surface area contributed by atoms with Gasteiger partial charge in [-0.2, -0.15) is 0 Å². The molecule has 0 rings (SSSR count). The lowest BCUT2D eigenvalue weighted by molar-refractivity contribution is -0.870. The van der Waals surface area contributed by atoms with Crippen molar-refractivity contribution in [2.45, 2.75) is 180 Å². The average Bonchev–Trinajstić information content (AvgIpc) is 3.19. The van der Waals surface area contributed by atoms with Crippen LogP contribution in [0.5, 0.6) is 0 Å². The SMILES string of the molecule is CC/C=C\C/C=C\C/C=C\CCCCCC(=O)OCC(COC(OCC[N+](C)(C)C)C(=O)[O-])OC(=O)CCCCCCCC/C=C\C/C=C\C/C=C\CCCCCCC. The molecule has 0 aromatic rings. The number of hydrogen-bond acceptors (Lipinski definition) is 8. The fourth-order valence-corrected chi connectivity index (χ4v) is 5.85. The third-order valence-corrected chi connectivity index (χ3v) is 9.44. The highest BCUT2D eigenvalue weighted by atomic mass is 16.7. The molecule has 338 valence electrons. The van der Waals surface area contributed by atoms with E-state index < -0.39 is 30.3 Å². The first-order valence-corrected chi connectivity index (χ1v) is 23.1. The Kier molecular flexibility index (Phi) is 39.2. The van der Waals surface area contributed by atoms with Crippen LogP contribution >= 0.6 is 0 Å². The number of carboxylic acids is 1. The molecule has 9 heteroatoms. The zero-order valence-corrected chi connectivity index (χ0v) is 38.1. The van der Waals surface area contributed by atoms with Crippen LogP contribution in [0.1, 0.15) is 168 Å². The molecule has 0 radical (unpaired) electrons. The molecule has 0 amide bonds. The van der Waals surface area contributed by atoms with Crippen LogP contribution in [0.25, 0.3) is 0 Å². The van der Waals surface area contributed by atoms with Gasteiger partial charge in [0.05, 0.1) is 40.3 Å². The predicted molar refractivity (Wildman–Crippen MR) is 241 cm³/mol. The lowest BCUT2D eigenvalue weighted by Gasteiger charge is -2.26. The Bertz CT molecular complexity index is 1200. The van der Waals surface area contributed by atoms with Crippen LogP contribution in [0.2, 0.25) is 0 Å². The normalized spacial score (nSPS) is 13.6. The zero-order valence-electron chi connectivity index (χ0n) is 38.1. The smallest absolute Gasteiger partial charge is 0.306 e. The molecule has 0 aromatic heterocycles. The number of carbonyl (C=O) groups is 3. The molecule has 2 atom stereocenters. The summed E-state index contributed by atoms with van der Waals surface area (Å²) in [5, 5.41) is 11.7. The number of ether oxygens (including phenoxy) is 4. The van der Waals surface area contributed by atoms with Gasteiger partial charge >= 0.3 is 11.9 Å². The maximum atomic E-state index is 12.8. The van der Waals surface area contributed by atoms with E-state index in [2.05, 4.69) is 86.8 Å². The maximum Gasteiger partial charge on any atom is 0.306 e. The van der Waals surface area contributed by atoms with Crippen molar-refractivity contribution in [3.05, 3.63) is 72.9 Å². The fourth-order valence-electron chi connectivity index (χ4n) is 5.85. The van der Waals surface area contributed by atoms with Crippen LogP contribution in [-0.2, 0) is 33.3 Å². The summed E-state index contributed by atoms with van der Waals surface area (Å²) in [6.07, 6.45) is 47.9. The fraction of sp³-hybridized carbons (Fsp3) is 0.700. The minimum Gasteiger partial charge on any atom is -0.545 e. The monoisotopic (exact) mass is 828 g/mol. The van der Waals surface area contributed by atoms with Crippen LogP contribution in [0.15, 0.2) is 72.9 Å². The molecule has 2 unspecified atom stereocenters. The second-order valence-electron chi connectivity index (χ2n) is 16.3. The first-order chi connectivity index (χ1) is 28.6. The molecule has 0 bridgehead atoms. The number of carbonyl (C=O) groups excluding carboxylic acids is 3. The van der Waals surface area contributed by atoms with E-state index in [0.29, 0.717) is 23.9 Å². The third kappa shape index (κ3) is 42.7. The van der Waals surface area contributed by atoms with Gasteiger partial charge in [0, 0.05) is 12.8 Å². The van der Waals surface area contributed by atoms with Crippen LogP contribution < -0.4 is 5.11 Å². The van der Waals surface area contributed by atoms with Gasteiger partial charge in [0.1, 0.15) is 13.2 Å². The zero-order chi connectivity index (χ0) is 43.5. The number of allylic oxidation sites excluding steroid dienone is 12. The van der Waals surface area contributed by atoms with E-state index in [9.17, 15) is 19.5 Å². The van der Waals surface area contributed by atoms with E-state index in [0.717, 1.165) is 89.9 Å². The summed E-state index contributed by atoms with van der Waals surface area (Å²) in [5.41, 5.74) is 0. The average molecular weight is 828 g/mol. The number of aliphatic carboxylic acids is 1. The highest BCUT2D eigenvalue weighted by Crippen LogP contribution is 2.12. The van der Waals surface area contributed by atoms with Gasteiger partial charge in [-0.25, -0.2) is 0 Å². The van der Waals surface area contributed by atoms with Gasteiger partial charge < -0.3 is 33.3 Å². The Balaban J connectivity index is 4.47. The highest BCUT2D eigenvalue weighted by Gasteiger charge is 2.21. The number of likely N-dealkylation sites (N-methyl/N-ethyl adjacent to an activating group) is 1. The van der Waals surface area contributed by atoms with Gasteiger partial charge in [0.2, 0.25) is 0 Å². The van der Waals surface area contributed by atoms with E-state index >= 15 is 0 Å². The molecule has 0 saturated heterocycles. The van der Waals surface area contributed by atoms with Crippen molar-refractivity contribution < 1.29 is 42.9 Å².